The van der Waals surface area contributed by atoms with E-state index in [1.54, 1.807) is 20.9 Å². The van der Waals surface area contributed by atoms with Crippen molar-refractivity contribution in [3.05, 3.63) is 11.4 Å². The summed E-state index contributed by atoms with van der Waals surface area (Å²) < 4.78 is 29.1. The number of sulfonamides is 1. The molecule has 1 saturated heterocycles. The molecule has 1 amide bonds. The van der Waals surface area contributed by atoms with E-state index >= 15 is 0 Å². The molecule has 2 heterocycles. The predicted molar refractivity (Wildman–Crippen MR) is 89.4 cm³/mol. The van der Waals surface area contributed by atoms with Gasteiger partial charge in [-0.3, -0.25) is 14.3 Å². The molecule has 0 aliphatic carbocycles. The zero-order valence-corrected chi connectivity index (χ0v) is 15.6. The Morgan fingerprint density at radius 1 is 1.36 bits per heavy atom. The number of rotatable bonds is 5. The van der Waals surface area contributed by atoms with Gasteiger partial charge in [-0.15, -0.1) is 0 Å². The van der Waals surface area contributed by atoms with Crippen LogP contribution in [-0.2, 0) is 26.7 Å². The highest BCUT2D eigenvalue weighted by Gasteiger charge is 2.33. The van der Waals surface area contributed by atoms with Gasteiger partial charge in [0, 0.05) is 20.1 Å². The molecule has 0 aromatic carbocycles. The lowest BCUT2D eigenvalue weighted by Crippen LogP contribution is -2.50. The maximum Gasteiger partial charge on any atom is 0.308 e. The largest absolute Gasteiger partial charge is 0.481 e. The smallest absolute Gasteiger partial charge is 0.308 e. The molecule has 2 atom stereocenters. The molecule has 1 aromatic heterocycles. The van der Waals surface area contributed by atoms with E-state index in [0.29, 0.717) is 30.8 Å². The van der Waals surface area contributed by atoms with Crippen LogP contribution in [-0.4, -0.2) is 59.2 Å². The normalized spacial score (nSPS) is 19.7. The van der Waals surface area contributed by atoms with Crippen molar-refractivity contribution in [3.63, 3.8) is 0 Å². The van der Waals surface area contributed by atoms with Crippen LogP contribution in [0.15, 0.2) is 4.90 Å². The Bertz CT molecular complexity index is 786. The Kier molecular flexibility index (Phi) is 5.52. The average Bonchev–Trinajstić information content (AvgIpc) is 2.79. The summed E-state index contributed by atoms with van der Waals surface area (Å²) >= 11 is 0. The van der Waals surface area contributed by atoms with E-state index in [0.717, 1.165) is 0 Å². The number of amides is 1. The highest BCUT2D eigenvalue weighted by Crippen LogP contribution is 2.20. The zero-order valence-electron chi connectivity index (χ0n) is 14.8. The molecule has 1 aliphatic heterocycles. The molecule has 25 heavy (non-hydrogen) atoms. The van der Waals surface area contributed by atoms with Crippen LogP contribution in [0, 0.1) is 19.8 Å². The summed E-state index contributed by atoms with van der Waals surface area (Å²) in [6.07, 6.45) is 1.11. The van der Waals surface area contributed by atoms with Crippen molar-refractivity contribution in [1.29, 1.82) is 0 Å². The van der Waals surface area contributed by atoms with Gasteiger partial charge in [-0.25, -0.2) is 8.42 Å². The molecule has 140 valence electrons. The van der Waals surface area contributed by atoms with Crippen molar-refractivity contribution >= 4 is 21.9 Å². The number of aryl methyl sites for hydroxylation is 2. The molecule has 0 spiro atoms. The van der Waals surface area contributed by atoms with Gasteiger partial charge in [-0.1, -0.05) is 0 Å². The highest BCUT2D eigenvalue weighted by atomic mass is 32.2. The number of hydrogen-bond acceptors (Lipinski definition) is 5. The van der Waals surface area contributed by atoms with Gasteiger partial charge in [0.05, 0.1) is 23.3 Å². The van der Waals surface area contributed by atoms with Gasteiger partial charge >= 0.3 is 5.97 Å². The van der Waals surface area contributed by atoms with Crippen LogP contribution in [0.3, 0.4) is 0 Å². The number of carbonyl (C=O) groups excluding carboxylic acids is 1. The number of hydrogen-bond donors (Lipinski definition) is 2. The van der Waals surface area contributed by atoms with Crippen LogP contribution in [0.2, 0.25) is 0 Å². The van der Waals surface area contributed by atoms with E-state index in [1.165, 1.54) is 16.5 Å². The second-order valence-corrected chi connectivity index (χ2v) is 8.08. The van der Waals surface area contributed by atoms with Crippen LogP contribution in [0.4, 0.5) is 0 Å². The highest BCUT2D eigenvalue weighted by molar-refractivity contribution is 7.89. The molecule has 1 fully saturated rings. The van der Waals surface area contributed by atoms with Crippen molar-refractivity contribution in [2.24, 2.45) is 13.0 Å². The molecule has 0 saturated carbocycles. The fraction of sp³-hybridized carbons (Fsp3) is 0.667. The van der Waals surface area contributed by atoms with E-state index < -0.39 is 33.9 Å². The van der Waals surface area contributed by atoms with E-state index in [1.807, 2.05) is 0 Å². The summed E-state index contributed by atoms with van der Waals surface area (Å²) in [6, 6.07) is -0.989. The van der Waals surface area contributed by atoms with Gasteiger partial charge in [0.15, 0.2) is 0 Å². The third-order valence-electron chi connectivity index (χ3n) is 4.50. The minimum Gasteiger partial charge on any atom is -0.481 e. The molecule has 0 bridgehead atoms. The summed E-state index contributed by atoms with van der Waals surface area (Å²) in [4.78, 5) is 25.1. The second-order valence-electron chi connectivity index (χ2n) is 6.43. The minimum absolute atomic E-state index is 0.0664. The Morgan fingerprint density at radius 2 is 2.00 bits per heavy atom. The molecular formula is C15H24N4O5S. The second kappa shape index (κ2) is 7.12. The molecule has 1 aromatic rings. The first-order valence-corrected chi connectivity index (χ1v) is 9.57. The molecule has 2 rings (SSSR count). The fourth-order valence-corrected chi connectivity index (χ4v) is 4.77. The van der Waals surface area contributed by atoms with Crippen LogP contribution >= 0.6 is 0 Å². The number of likely N-dealkylation sites (tertiary alicyclic amines) is 1. The number of piperidine rings is 1. The van der Waals surface area contributed by atoms with Crippen LogP contribution < -0.4 is 4.72 Å². The lowest BCUT2D eigenvalue weighted by molar-refractivity contribution is -0.146. The quantitative estimate of drug-likeness (QED) is 0.752. The van der Waals surface area contributed by atoms with Gasteiger partial charge in [0.1, 0.15) is 4.90 Å². The number of carbonyl (C=O) groups is 2. The summed E-state index contributed by atoms with van der Waals surface area (Å²) in [6.45, 7) is 5.23. The summed E-state index contributed by atoms with van der Waals surface area (Å²) in [5.41, 5.74) is 0.838. The predicted octanol–water partition coefficient (Wildman–Crippen LogP) is 0.0269. The third-order valence-corrected chi connectivity index (χ3v) is 6.29. The van der Waals surface area contributed by atoms with E-state index in [-0.39, 0.29) is 11.4 Å². The summed E-state index contributed by atoms with van der Waals surface area (Å²) in [5.74, 6) is -1.97. The number of carboxylic acids is 1. The summed E-state index contributed by atoms with van der Waals surface area (Å²) in [5, 5.41) is 13.2. The molecule has 9 nitrogen and oxygen atoms in total. The van der Waals surface area contributed by atoms with Gasteiger partial charge in [0.2, 0.25) is 15.9 Å². The number of aliphatic carboxylic acids is 1. The SMILES string of the molecule is Cc1nn(C)c(C)c1S(=O)(=O)NC(C)C(=O)N1CCCC(C(=O)O)C1. The van der Waals surface area contributed by atoms with Gasteiger partial charge < -0.3 is 10.0 Å². The molecule has 2 unspecified atom stereocenters. The van der Waals surface area contributed by atoms with Crippen LogP contribution in [0.5, 0.6) is 0 Å². The van der Waals surface area contributed by atoms with Crippen molar-refractivity contribution in [1.82, 2.24) is 19.4 Å². The minimum atomic E-state index is -3.91. The molecule has 0 radical (unpaired) electrons. The molecule has 2 N–H and O–H groups in total. The average molecular weight is 372 g/mol. The van der Waals surface area contributed by atoms with Crippen molar-refractivity contribution < 1.29 is 23.1 Å². The van der Waals surface area contributed by atoms with Gasteiger partial charge in [-0.05, 0) is 33.6 Å². The lowest BCUT2D eigenvalue weighted by atomic mass is 9.98. The maximum absolute atomic E-state index is 12.6. The zero-order chi connectivity index (χ0) is 18.9. The Morgan fingerprint density at radius 3 is 2.52 bits per heavy atom. The summed E-state index contributed by atoms with van der Waals surface area (Å²) in [7, 11) is -2.26. The Labute approximate surface area is 147 Å². The Hall–Kier alpha value is -1.94. The standard InChI is InChI=1S/C15H24N4O5S/c1-9-13(11(3)18(4)16-9)25(23,24)17-10(2)14(20)19-7-5-6-12(8-19)15(21)22/h10,12,17H,5-8H2,1-4H3,(H,21,22). The topological polar surface area (TPSA) is 122 Å². The van der Waals surface area contributed by atoms with Crippen LogP contribution in [0.25, 0.3) is 0 Å². The van der Waals surface area contributed by atoms with Crippen molar-refractivity contribution in [2.45, 2.75) is 44.6 Å². The van der Waals surface area contributed by atoms with E-state index in [9.17, 15) is 18.0 Å². The molecular weight excluding hydrogens is 348 g/mol. The number of nitrogens with one attached hydrogen (secondary N) is 1. The Balaban J connectivity index is 2.14. The third kappa shape index (κ3) is 4.01. The first-order chi connectivity index (χ1) is 11.5. The van der Waals surface area contributed by atoms with Gasteiger partial charge in [0.25, 0.3) is 0 Å². The lowest BCUT2D eigenvalue weighted by Gasteiger charge is -2.32. The molecule has 10 heteroatoms. The first-order valence-electron chi connectivity index (χ1n) is 8.08. The number of nitrogens with zero attached hydrogens (tertiary/aromatic N) is 3. The van der Waals surface area contributed by atoms with E-state index in [4.69, 9.17) is 5.11 Å². The molecule has 1 aliphatic rings. The fourth-order valence-electron chi connectivity index (χ4n) is 3.14. The monoisotopic (exact) mass is 372 g/mol. The number of aromatic nitrogens is 2. The number of carboxylic acid groups (broad SMARTS) is 1. The first kappa shape index (κ1) is 19.4. The maximum atomic E-state index is 12.6. The van der Waals surface area contributed by atoms with E-state index in [2.05, 4.69) is 9.82 Å². The van der Waals surface area contributed by atoms with Gasteiger partial charge in [-0.2, -0.15) is 9.82 Å². The van der Waals surface area contributed by atoms with Crippen molar-refractivity contribution in [3.8, 4) is 0 Å². The van der Waals surface area contributed by atoms with Crippen LogP contribution in [0.1, 0.15) is 31.2 Å². The van der Waals surface area contributed by atoms with Crippen molar-refractivity contribution in [2.75, 3.05) is 13.1 Å².